The number of aryl methyl sites for hydroxylation is 1. The monoisotopic (exact) mass is 340 g/mol. The van der Waals surface area contributed by atoms with Gasteiger partial charge in [0.25, 0.3) is 5.56 Å². The Labute approximate surface area is 143 Å². The van der Waals surface area contributed by atoms with Crippen molar-refractivity contribution in [2.24, 2.45) is 5.73 Å². The van der Waals surface area contributed by atoms with Crippen LogP contribution in [0.3, 0.4) is 0 Å². The molecule has 0 bridgehead atoms. The molecule has 8 heteroatoms. The minimum absolute atomic E-state index is 0.0765. The number of nitrogens with one attached hydrogen (secondary N) is 1. The van der Waals surface area contributed by atoms with Gasteiger partial charge in [-0.2, -0.15) is 10.2 Å². The van der Waals surface area contributed by atoms with Gasteiger partial charge in [0.1, 0.15) is 29.0 Å². The maximum Gasteiger partial charge on any atom is 0.258 e. The first-order chi connectivity index (χ1) is 12.0. The molecule has 128 valence electrons. The summed E-state index contributed by atoms with van der Waals surface area (Å²) >= 11 is 0. The van der Waals surface area contributed by atoms with E-state index in [4.69, 9.17) is 19.9 Å². The molecular formula is C17H16N4O4. The van der Waals surface area contributed by atoms with Crippen LogP contribution < -0.4 is 25.5 Å². The van der Waals surface area contributed by atoms with Crippen molar-refractivity contribution in [2.75, 3.05) is 14.2 Å². The number of allylic oxidation sites excluding steroid dienone is 1. The van der Waals surface area contributed by atoms with Crippen molar-refractivity contribution < 1.29 is 14.2 Å². The average Bonchev–Trinajstić information content (AvgIpc) is 2.59. The van der Waals surface area contributed by atoms with Crippen molar-refractivity contribution in [3.05, 3.63) is 57.0 Å². The molecule has 0 unspecified atom stereocenters. The van der Waals surface area contributed by atoms with Crippen LogP contribution in [0.5, 0.6) is 17.4 Å². The largest absolute Gasteiger partial charge is 0.497 e. The predicted molar refractivity (Wildman–Crippen MR) is 88.4 cm³/mol. The number of hydrogen-bond acceptors (Lipinski definition) is 7. The minimum Gasteiger partial charge on any atom is -0.497 e. The lowest BCUT2D eigenvalue weighted by molar-refractivity contribution is 0.368. The van der Waals surface area contributed by atoms with Crippen molar-refractivity contribution in [1.29, 1.82) is 5.26 Å². The van der Waals surface area contributed by atoms with Crippen LogP contribution in [0.1, 0.15) is 22.9 Å². The predicted octanol–water partition coefficient (Wildman–Crippen LogP) is 1.31. The lowest BCUT2D eigenvalue weighted by Gasteiger charge is -2.26. The molecule has 25 heavy (non-hydrogen) atoms. The lowest BCUT2D eigenvalue weighted by Crippen LogP contribution is -2.29. The average molecular weight is 340 g/mol. The highest BCUT2D eigenvalue weighted by Gasteiger charge is 2.36. The smallest absolute Gasteiger partial charge is 0.258 e. The van der Waals surface area contributed by atoms with E-state index in [-0.39, 0.29) is 22.9 Å². The summed E-state index contributed by atoms with van der Waals surface area (Å²) in [5.74, 6) is 0.620. The Morgan fingerprint density at radius 2 is 2.12 bits per heavy atom. The van der Waals surface area contributed by atoms with E-state index in [1.54, 1.807) is 25.1 Å². The number of fused-ring (bicyclic) bond motifs is 1. The summed E-state index contributed by atoms with van der Waals surface area (Å²) < 4.78 is 16.1. The molecule has 0 radical (unpaired) electrons. The van der Waals surface area contributed by atoms with E-state index in [0.29, 0.717) is 22.9 Å². The van der Waals surface area contributed by atoms with Gasteiger partial charge in [-0.25, -0.2) is 0 Å². The number of methoxy groups -OCH3 is 2. The van der Waals surface area contributed by atoms with Gasteiger partial charge in [-0.3, -0.25) is 4.79 Å². The summed E-state index contributed by atoms with van der Waals surface area (Å²) in [4.78, 5) is 19.4. The molecule has 0 fully saturated rings. The molecule has 0 aliphatic carbocycles. The van der Waals surface area contributed by atoms with Crippen LogP contribution in [0.15, 0.2) is 34.4 Å². The van der Waals surface area contributed by atoms with Crippen molar-refractivity contribution in [3.63, 3.8) is 0 Å². The fourth-order valence-electron chi connectivity index (χ4n) is 2.84. The maximum atomic E-state index is 12.6. The molecule has 1 aliphatic heterocycles. The third kappa shape index (κ3) is 2.65. The van der Waals surface area contributed by atoms with E-state index in [2.05, 4.69) is 9.97 Å². The number of ether oxygens (including phenoxy) is 3. The van der Waals surface area contributed by atoms with E-state index in [0.717, 1.165) is 0 Å². The highest BCUT2D eigenvalue weighted by molar-refractivity contribution is 5.57. The molecule has 2 aromatic rings. The van der Waals surface area contributed by atoms with Crippen molar-refractivity contribution in [2.45, 2.75) is 12.8 Å². The van der Waals surface area contributed by atoms with Gasteiger partial charge < -0.3 is 24.9 Å². The molecule has 2 heterocycles. The van der Waals surface area contributed by atoms with Crippen LogP contribution >= 0.6 is 0 Å². The molecule has 1 atom stereocenters. The van der Waals surface area contributed by atoms with Crippen molar-refractivity contribution in [1.82, 2.24) is 9.97 Å². The Morgan fingerprint density at radius 3 is 2.76 bits per heavy atom. The molecule has 8 nitrogen and oxygen atoms in total. The second-order valence-electron chi connectivity index (χ2n) is 5.40. The van der Waals surface area contributed by atoms with E-state index < -0.39 is 11.5 Å². The number of benzene rings is 1. The van der Waals surface area contributed by atoms with Gasteiger partial charge in [-0.15, -0.1) is 0 Å². The molecule has 1 aliphatic rings. The van der Waals surface area contributed by atoms with Crippen LogP contribution in [-0.2, 0) is 0 Å². The molecular weight excluding hydrogens is 324 g/mol. The number of H-pyrrole nitrogens is 1. The minimum atomic E-state index is -0.782. The molecule has 0 spiro atoms. The summed E-state index contributed by atoms with van der Waals surface area (Å²) in [5.41, 5.74) is 6.36. The normalized spacial score (nSPS) is 15.8. The summed E-state index contributed by atoms with van der Waals surface area (Å²) in [7, 11) is 3.03. The van der Waals surface area contributed by atoms with Crippen molar-refractivity contribution in [3.8, 4) is 23.4 Å². The zero-order chi connectivity index (χ0) is 18.1. The highest BCUT2D eigenvalue weighted by Crippen LogP contribution is 2.43. The number of aromatic nitrogens is 2. The second kappa shape index (κ2) is 6.20. The Balaban J connectivity index is 2.35. The van der Waals surface area contributed by atoms with Crippen LogP contribution in [0.25, 0.3) is 0 Å². The third-order valence-corrected chi connectivity index (χ3v) is 3.96. The van der Waals surface area contributed by atoms with Gasteiger partial charge in [0, 0.05) is 5.56 Å². The fourth-order valence-corrected chi connectivity index (χ4v) is 2.84. The Kier molecular flexibility index (Phi) is 4.07. The summed E-state index contributed by atoms with van der Waals surface area (Å²) in [5, 5.41) is 9.58. The van der Waals surface area contributed by atoms with E-state index in [1.807, 2.05) is 6.07 Å². The van der Waals surface area contributed by atoms with Gasteiger partial charge in [0.15, 0.2) is 0 Å². The van der Waals surface area contributed by atoms with Crippen molar-refractivity contribution >= 4 is 0 Å². The Morgan fingerprint density at radius 1 is 1.36 bits per heavy atom. The molecule has 1 aromatic heterocycles. The second-order valence-corrected chi connectivity index (χ2v) is 5.40. The van der Waals surface area contributed by atoms with Crippen LogP contribution in [-0.4, -0.2) is 24.2 Å². The summed E-state index contributed by atoms with van der Waals surface area (Å²) in [6, 6.07) is 7.14. The molecule has 0 amide bonds. The maximum absolute atomic E-state index is 12.6. The van der Waals surface area contributed by atoms with Gasteiger partial charge in [-0.1, -0.05) is 0 Å². The first-order valence-corrected chi connectivity index (χ1v) is 7.40. The van der Waals surface area contributed by atoms with Crippen LogP contribution in [0.2, 0.25) is 0 Å². The van der Waals surface area contributed by atoms with E-state index >= 15 is 0 Å². The first kappa shape index (κ1) is 16.4. The van der Waals surface area contributed by atoms with Crippen LogP contribution in [0.4, 0.5) is 0 Å². The van der Waals surface area contributed by atoms with Gasteiger partial charge in [0.2, 0.25) is 11.8 Å². The zero-order valence-electron chi connectivity index (χ0n) is 13.9. The van der Waals surface area contributed by atoms with Gasteiger partial charge >= 0.3 is 0 Å². The SMILES string of the molecule is COc1ccc(OC)c([C@@H]2C(C#N)=C(N)Oc3nc(C)[nH]c(=O)c32)c1. The number of aromatic amines is 1. The molecule has 0 saturated heterocycles. The standard InChI is InChI=1S/C17H16N4O4/c1-8-20-16(22)14-13(11(7-18)15(19)25-17(14)21-8)10-6-9(23-2)4-5-12(10)24-3/h4-6,13H,19H2,1-3H3,(H,20,21,22)/t13-/m1/s1. The molecule has 0 saturated carbocycles. The van der Waals surface area contributed by atoms with E-state index in [1.165, 1.54) is 14.2 Å². The van der Waals surface area contributed by atoms with Gasteiger partial charge in [0.05, 0.1) is 25.7 Å². The number of hydrogen-bond donors (Lipinski definition) is 2. The highest BCUT2D eigenvalue weighted by atomic mass is 16.5. The Hall–Kier alpha value is -3.47. The quantitative estimate of drug-likeness (QED) is 0.863. The lowest BCUT2D eigenvalue weighted by atomic mass is 9.84. The molecule has 3 N–H and O–H groups in total. The summed E-state index contributed by atoms with van der Waals surface area (Å²) in [6.07, 6.45) is 0. The Bertz CT molecular complexity index is 972. The number of nitriles is 1. The molecule has 1 aromatic carbocycles. The number of nitrogens with two attached hydrogens (primary N) is 1. The van der Waals surface area contributed by atoms with Gasteiger partial charge in [-0.05, 0) is 25.1 Å². The first-order valence-electron chi connectivity index (χ1n) is 7.40. The number of rotatable bonds is 3. The molecule has 3 rings (SSSR count). The number of nitrogens with zero attached hydrogens (tertiary/aromatic N) is 2. The third-order valence-electron chi connectivity index (χ3n) is 3.96. The summed E-state index contributed by atoms with van der Waals surface area (Å²) in [6.45, 7) is 1.63. The zero-order valence-corrected chi connectivity index (χ0v) is 13.9. The topological polar surface area (TPSA) is 123 Å². The van der Waals surface area contributed by atoms with E-state index in [9.17, 15) is 10.1 Å². The van der Waals surface area contributed by atoms with Crippen LogP contribution in [0, 0.1) is 18.3 Å². The fraction of sp³-hybridized carbons (Fsp3) is 0.235.